The first-order valence-electron chi connectivity index (χ1n) is 8.83. The Kier molecular flexibility index (Phi) is 4.54. The van der Waals surface area contributed by atoms with Gasteiger partial charge in [-0.15, -0.1) is 0 Å². The van der Waals surface area contributed by atoms with Gasteiger partial charge in [0.1, 0.15) is 6.04 Å². The lowest BCUT2D eigenvalue weighted by Gasteiger charge is -2.33. The molecule has 0 radical (unpaired) electrons. The van der Waals surface area contributed by atoms with Crippen molar-refractivity contribution in [2.75, 3.05) is 33.2 Å². The van der Waals surface area contributed by atoms with E-state index in [1.165, 1.54) is 6.26 Å². The molecule has 0 spiro atoms. The molecule has 4 heterocycles. The van der Waals surface area contributed by atoms with E-state index >= 15 is 0 Å². The molecule has 0 aromatic carbocycles. The van der Waals surface area contributed by atoms with Crippen LogP contribution >= 0.6 is 0 Å². The van der Waals surface area contributed by atoms with Crippen molar-refractivity contribution in [3.05, 3.63) is 35.9 Å². The van der Waals surface area contributed by atoms with Crippen molar-refractivity contribution in [2.45, 2.75) is 31.3 Å². The van der Waals surface area contributed by atoms with Crippen LogP contribution in [0.25, 0.3) is 0 Å². The molecular weight excluding hydrogens is 322 g/mol. The van der Waals surface area contributed by atoms with Gasteiger partial charge in [-0.1, -0.05) is 5.16 Å². The Morgan fingerprint density at radius 2 is 2.24 bits per heavy atom. The van der Waals surface area contributed by atoms with Crippen LogP contribution in [0, 0.1) is 0 Å². The van der Waals surface area contributed by atoms with Gasteiger partial charge in [0.15, 0.2) is 11.6 Å². The molecule has 134 valence electrons. The quantitative estimate of drug-likeness (QED) is 0.904. The van der Waals surface area contributed by atoms with E-state index in [-0.39, 0.29) is 18.0 Å². The second-order valence-electron chi connectivity index (χ2n) is 6.68. The molecule has 8 heteroatoms. The topological polar surface area (TPSA) is 87.6 Å². The lowest BCUT2D eigenvalue weighted by Crippen LogP contribution is -2.44. The van der Waals surface area contributed by atoms with E-state index in [0.29, 0.717) is 24.0 Å². The number of nitrogens with zero attached hydrogens (tertiary/aromatic N) is 4. The highest BCUT2D eigenvalue weighted by Gasteiger charge is 2.35. The van der Waals surface area contributed by atoms with Gasteiger partial charge in [-0.05, 0) is 38.4 Å². The number of carbonyl (C=O) groups is 1. The molecule has 2 fully saturated rings. The zero-order valence-corrected chi connectivity index (χ0v) is 14.4. The van der Waals surface area contributed by atoms with Crippen LogP contribution in [0.15, 0.2) is 27.3 Å². The molecule has 1 N–H and O–H groups in total. The number of carbonyl (C=O) groups excluding carboxylic acids is 1. The van der Waals surface area contributed by atoms with Gasteiger partial charge < -0.3 is 19.2 Å². The molecule has 25 heavy (non-hydrogen) atoms. The maximum atomic E-state index is 12.7. The van der Waals surface area contributed by atoms with Crippen molar-refractivity contribution in [2.24, 2.45) is 0 Å². The minimum absolute atomic E-state index is 0.101. The highest BCUT2D eigenvalue weighted by atomic mass is 16.5. The number of likely N-dealkylation sites (tertiary alicyclic amines) is 1. The third kappa shape index (κ3) is 3.19. The maximum Gasteiger partial charge on any atom is 0.290 e. The molecule has 4 rings (SSSR count). The monoisotopic (exact) mass is 345 g/mol. The SMILES string of the molecule is CN1CCNCC1c1noc(C2CCCCN2C(=O)c2ccco2)n1. The third-order valence-corrected chi connectivity index (χ3v) is 5.05. The molecule has 1 amide bonds. The smallest absolute Gasteiger partial charge is 0.290 e. The van der Waals surface area contributed by atoms with Gasteiger partial charge in [-0.2, -0.15) is 4.98 Å². The van der Waals surface area contributed by atoms with Crippen LogP contribution in [0.2, 0.25) is 0 Å². The summed E-state index contributed by atoms with van der Waals surface area (Å²) in [7, 11) is 2.06. The van der Waals surface area contributed by atoms with E-state index in [2.05, 4.69) is 27.4 Å². The number of aromatic nitrogens is 2. The van der Waals surface area contributed by atoms with Crippen molar-refractivity contribution in [1.29, 1.82) is 0 Å². The Labute approximate surface area is 146 Å². The average Bonchev–Trinajstić information content (AvgIpc) is 3.34. The highest BCUT2D eigenvalue weighted by molar-refractivity contribution is 5.91. The lowest BCUT2D eigenvalue weighted by molar-refractivity contribution is 0.0529. The van der Waals surface area contributed by atoms with Crippen molar-refractivity contribution in [3.8, 4) is 0 Å². The fourth-order valence-electron chi connectivity index (χ4n) is 3.59. The first-order valence-corrected chi connectivity index (χ1v) is 8.83. The summed E-state index contributed by atoms with van der Waals surface area (Å²) in [6.07, 6.45) is 4.35. The number of nitrogens with one attached hydrogen (secondary N) is 1. The van der Waals surface area contributed by atoms with Crippen molar-refractivity contribution in [1.82, 2.24) is 25.3 Å². The van der Waals surface area contributed by atoms with Crippen molar-refractivity contribution in [3.63, 3.8) is 0 Å². The van der Waals surface area contributed by atoms with Gasteiger partial charge >= 0.3 is 0 Å². The van der Waals surface area contributed by atoms with Crippen molar-refractivity contribution < 1.29 is 13.7 Å². The van der Waals surface area contributed by atoms with Crippen molar-refractivity contribution >= 4 is 5.91 Å². The molecule has 0 bridgehead atoms. The molecule has 2 aromatic rings. The van der Waals surface area contributed by atoms with Gasteiger partial charge in [-0.3, -0.25) is 9.69 Å². The normalized spacial score (nSPS) is 25.2. The Morgan fingerprint density at radius 1 is 1.32 bits per heavy atom. The Morgan fingerprint density at radius 3 is 3.04 bits per heavy atom. The molecule has 2 unspecified atom stereocenters. The number of hydrogen-bond acceptors (Lipinski definition) is 7. The molecule has 0 aliphatic carbocycles. The average molecular weight is 345 g/mol. The van der Waals surface area contributed by atoms with Crippen LogP contribution < -0.4 is 5.32 Å². The molecular formula is C17H23N5O3. The van der Waals surface area contributed by atoms with E-state index in [9.17, 15) is 4.79 Å². The number of likely N-dealkylation sites (N-methyl/N-ethyl adjacent to an activating group) is 1. The van der Waals surface area contributed by atoms with Crippen LogP contribution in [0.4, 0.5) is 0 Å². The zero-order chi connectivity index (χ0) is 17.2. The number of piperazine rings is 1. The fraction of sp³-hybridized carbons (Fsp3) is 0.588. The number of amides is 1. The Hall–Kier alpha value is -2.19. The molecule has 2 aromatic heterocycles. The van der Waals surface area contributed by atoms with Crippen LogP contribution in [-0.4, -0.2) is 59.1 Å². The van der Waals surface area contributed by atoms with Gasteiger partial charge in [0.25, 0.3) is 5.91 Å². The predicted octanol–water partition coefficient (Wildman–Crippen LogP) is 1.61. The van der Waals surface area contributed by atoms with Crippen LogP contribution in [0.3, 0.4) is 0 Å². The number of piperidine rings is 1. The molecule has 0 saturated carbocycles. The zero-order valence-electron chi connectivity index (χ0n) is 14.4. The number of hydrogen-bond donors (Lipinski definition) is 1. The molecule has 2 aliphatic rings. The molecule has 2 atom stereocenters. The van der Waals surface area contributed by atoms with E-state index < -0.39 is 0 Å². The van der Waals surface area contributed by atoms with Gasteiger partial charge in [0.2, 0.25) is 5.89 Å². The predicted molar refractivity (Wildman–Crippen MR) is 88.9 cm³/mol. The summed E-state index contributed by atoms with van der Waals surface area (Å²) >= 11 is 0. The fourth-order valence-corrected chi connectivity index (χ4v) is 3.59. The summed E-state index contributed by atoms with van der Waals surface area (Å²) < 4.78 is 10.8. The highest BCUT2D eigenvalue weighted by Crippen LogP contribution is 2.32. The third-order valence-electron chi connectivity index (χ3n) is 5.05. The summed E-state index contributed by atoms with van der Waals surface area (Å²) in [6, 6.07) is 3.33. The second-order valence-corrected chi connectivity index (χ2v) is 6.68. The standard InChI is InChI=1S/C17H23N5O3/c1-21-9-7-18-11-13(21)15-19-16(25-20-15)12-5-2-3-8-22(12)17(23)14-6-4-10-24-14/h4,6,10,12-13,18H,2-3,5,7-9,11H2,1H3. The summed E-state index contributed by atoms with van der Waals surface area (Å²) in [5.74, 6) is 1.43. The largest absolute Gasteiger partial charge is 0.459 e. The lowest BCUT2D eigenvalue weighted by atomic mass is 10.0. The second kappa shape index (κ2) is 6.97. The maximum absolute atomic E-state index is 12.7. The number of furan rings is 1. The van der Waals surface area contributed by atoms with Gasteiger partial charge in [0, 0.05) is 26.2 Å². The molecule has 8 nitrogen and oxygen atoms in total. The van der Waals surface area contributed by atoms with E-state index in [1.807, 2.05) is 0 Å². The van der Waals surface area contributed by atoms with Crippen LogP contribution in [0.1, 0.15) is 53.6 Å². The summed E-state index contributed by atoms with van der Waals surface area (Å²) in [5, 5.41) is 7.55. The van der Waals surface area contributed by atoms with Crippen LogP contribution in [-0.2, 0) is 0 Å². The molecule has 2 saturated heterocycles. The Balaban J connectivity index is 1.56. The summed E-state index contributed by atoms with van der Waals surface area (Å²) in [4.78, 5) is 21.4. The first-order chi connectivity index (χ1) is 12.2. The first kappa shape index (κ1) is 16.3. The van der Waals surface area contributed by atoms with Crippen LogP contribution in [0.5, 0.6) is 0 Å². The van der Waals surface area contributed by atoms with E-state index in [1.54, 1.807) is 17.0 Å². The van der Waals surface area contributed by atoms with Gasteiger partial charge in [-0.25, -0.2) is 0 Å². The minimum atomic E-state index is -0.186. The minimum Gasteiger partial charge on any atom is -0.459 e. The van der Waals surface area contributed by atoms with Gasteiger partial charge in [0.05, 0.1) is 12.3 Å². The summed E-state index contributed by atoms with van der Waals surface area (Å²) in [6.45, 7) is 3.38. The van der Waals surface area contributed by atoms with E-state index in [4.69, 9.17) is 8.94 Å². The van der Waals surface area contributed by atoms with E-state index in [0.717, 1.165) is 38.9 Å². The summed E-state index contributed by atoms with van der Waals surface area (Å²) in [5.41, 5.74) is 0. The number of rotatable bonds is 3. The molecule has 2 aliphatic heterocycles. The Bertz CT molecular complexity index is 714.